The van der Waals surface area contributed by atoms with Crippen molar-refractivity contribution in [2.75, 3.05) is 39.8 Å². The Hall–Kier alpha value is -0.380. The quantitative estimate of drug-likeness (QED) is 0.275. The van der Waals surface area contributed by atoms with Crippen LogP contribution in [-0.2, 0) is 11.3 Å². The average molecular weight is 523 g/mol. The van der Waals surface area contributed by atoms with Crippen LogP contribution in [0.2, 0.25) is 0 Å². The van der Waals surface area contributed by atoms with E-state index >= 15 is 0 Å². The minimum atomic E-state index is 0. The van der Waals surface area contributed by atoms with Crippen molar-refractivity contribution < 1.29 is 4.74 Å². The molecular weight excluding hydrogens is 483 g/mol. The molecule has 1 aromatic rings. The summed E-state index contributed by atoms with van der Waals surface area (Å²) < 4.78 is 5.82. The maximum Gasteiger partial charge on any atom is 0.190 e. The first-order valence-electron chi connectivity index (χ1n) is 10.4. The minimum Gasteiger partial charge on any atom is -0.378 e. The standard InChI is InChI=1S/C21H38N4OS.HI/c1-5-26-20(17(2)3)10-11-23-21(22-4)24-14-18-8-6-12-25(15-18)16-19-9-7-13-27-19;/h7,9,13,17-18,20H,5-6,8,10-12,14-16H2,1-4H3,(H2,22,23,24);1H. The fourth-order valence-corrected chi connectivity index (χ4v) is 4.45. The summed E-state index contributed by atoms with van der Waals surface area (Å²) in [7, 11) is 1.85. The van der Waals surface area contributed by atoms with Gasteiger partial charge in [-0.25, -0.2) is 0 Å². The Kier molecular flexibility index (Phi) is 13.4. The van der Waals surface area contributed by atoms with Gasteiger partial charge in [-0.3, -0.25) is 9.89 Å². The molecule has 162 valence electrons. The molecule has 1 aromatic heterocycles. The predicted octanol–water partition coefficient (Wildman–Crippen LogP) is 4.19. The molecule has 2 rings (SSSR count). The molecular formula is C21H39IN4OS. The Balaban J connectivity index is 0.00000392. The van der Waals surface area contributed by atoms with E-state index in [-0.39, 0.29) is 24.0 Å². The number of halogens is 1. The van der Waals surface area contributed by atoms with Crippen LogP contribution in [0.25, 0.3) is 0 Å². The zero-order chi connectivity index (χ0) is 19.5. The molecule has 2 heterocycles. The molecule has 1 aliphatic heterocycles. The van der Waals surface area contributed by atoms with Crippen LogP contribution in [0.3, 0.4) is 0 Å². The van der Waals surface area contributed by atoms with Gasteiger partial charge in [-0.1, -0.05) is 19.9 Å². The molecule has 5 nitrogen and oxygen atoms in total. The van der Waals surface area contributed by atoms with Crippen molar-refractivity contribution in [3.05, 3.63) is 22.4 Å². The van der Waals surface area contributed by atoms with Gasteiger partial charge < -0.3 is 15.4 Å². The molecule has 0 aliphatic carbocycles. The molecule has 0 saturated carbocycles. The second-order valence-corrected chi connectivity index (χ2v) is 8.76. The van der Waals surface area contributed by atoms with E-state index in [1.54, 1.807) is 0 Å². The fourth-order valence-electron chi connectivity index (χ4n) is 3.70. The van der Waals surface area contributed by atoms with Crippen LogP contribution >= 0.6 is 35.3 Å². The summed E-state index contributed by atoms with van der Waals surface area (Å²) >= 11 is 1.86. The topological polar surface area (TPSA) is 48.9 Å². The molecule has 2 N–H and O–H groups in total. The third-order valence-electron chi connectivity index (χ3n) is 5.19. The molecule has 0 radical (unpaired) electrons. The second-order valence-electron chi connectivity index (χ2n) is 7.73. The number of hydrogen-bond acceptors (Lipinski definition) is 4. The van der Waals surface area contributed by atoms with Gasteiger partial charge in [0.1, 0.15) is 0 Å². The number of hydrogen-bond donors (Lipinski definition) is 2. The highest BCUT2D eigenvalue weighted by Crippen LogP contribution is 2.20. The van der Waals surface area contributed by atoms with Gasteiger partial charge in [0, 0.05) is 44.7 Å². The number of nitrogens with one attached hydrogen (secondary N) is 2. The summed E-state index contributed by atoms with van der Waals surface area (Å²) in [6.07, 6.45) is 3.90. The number of aliphatic imine (C=N–C) groups is 1. The molecule has 0 aromatic carbocycles. The van der Waals surface area contributed by atoms with Gasteiger partial charge in [0.25, 0.3) is 0 Å². The fraction of sp³-hybridized carbons (Fsp3) is 0.762. The van der Waals surface area contributed by atoms with Crippen LogP contribution in [0, 0.1) is 11.8 Å². The van der Waals surface area contributed by atoms with Gasteiger partial charge in [0.15, 0.2) is 5.96 Å². The molecule has 0 bridgehead atoms. The van der Waals surface area contributed by atoms with E-state index in [4.69, 9.17) is 4.74 Å². The van der Waals surface area contributed by atoms with Crippen LogP contribution in [0.1, 0.15) is 44.9 Å². The van der Waals surface area contributed by atoms with Crippen molar-refractivity contribution in [3.63, 3.8) is 0 Å². The molecule has 0 spiro atoms. The molecule has 28 heavy (non-hydrogen) atoms. The van der Waals surface area contributed by atoms with Gasteiger partial charge in [-0.2, -0.15) is 0 Å². The molecule has 0 amide bonds. The van der Waals surface area contributed by atoms with Crippen LogP contribution in [0.15, 0.2) is 22.5 Å². The zero-order valence-corrected chi connectivity index (χ0v) is 21.1. The van der Waals surface area contributed by atoms with Gasteiger partial charge in [-0.15, -0.1) is 35.3 Å². The van der Waals surface area contributed by atoms with Crippen LogP contribution in [0.4, 0.5) is 0 Å². The highest BCUT2D eigenvalue weighted by molar-refractivity contribution is 14.0. The van der Waals surface area contributed by atoms with Crippen LogP contribution < -0.4 is 10.6 Å². The lowest BCUT2D eigenvalue weighted by Crippen LogP contribution is -2.44. The monoisotopic (exact) mass is 522 g/mol. The number of rotatable bonds is 10. The Morgan fingerprint density at radius 2 is 2.21 bits per heavy atom. The Labute approximate surface area is 192 Å². The lowest BCUT2D eigenvalue weighted by Gasteiger charge is -2.32. The molecule has 2 unspecified atom stereocenters. The first-order chi connectivity index (χ1) is 13.1. The van der Waals surface area contributed by atoms with Gasteiger partial charge >= 0.3 is 0 Å². The number of guanidine groups is 1. The Morgan fingerprint density at radius 1 is 1.39 bits per heavy atom. The summed E-state index contributed by atoms with van der Waals surface area (Å²) in [5.74, 6) is 2.13. The SMILES string of the molecule is CCOC(CCNC(=NC)NCC1CCCN(Cc2cccs2)C1)C(C)C.I. The van der Waals surface area contributed by atoms with E-state index in [0.717, 1.165) is 38.6 Å². The van der Waals surface area contributed by atoms with Gasteiger partial charge in [0.05, 0.1) is 6.10 Å². The first kappa shape index (κ1) is 25.7. The number of thiophene rings is 1. The Morgan fingerprint density at radius 3 is 2.86 bits per heavy atom. The smallest absolute Gasteiger partial charge is 0.190 e. The minimum absolute atomic E-state index is 0. The molecule has 1 aliphatic rings. The second kappa shape index (κ2) is 14.6. The van der Waals surface area contributed by atoms with E-state index in [1.807, 2.05) is 18.4 Å². The maximum absolute atomic E-state index is 5.82. The Bertz CT molecular complexity index is 539. The number of likely N-dealkylation sites (tertiary alicyclic amines) is 1. The molecule has 2 atom stereocenters. The molecule has 1 saturated heterocycles. The van der Waals surface area contributed by atoms with E-state index in [1.165, 1.54) is 30.8 Å². The number of piperidine rings is 1. The largest absolute Gasteiger partial charge is 0.378 e. The van der Waals surface area contributed by atoms with Gasteiger partial charge in [0.2, 0.25) is 0 Å². The van der Waals surface area contributed by atoms with E-state index in [2.05, 4.69) is 58.8 Å². The zero-order valence-electron chi connectivity index (χ0n) is 17.9. The van der Waals surface area contributed by atoms with Crippen molar-refractivity contribution >= 4 is 41.3 Å². The lowest BCUT2D eigenvalue weighted by atomic mass is 9.98. The highest BCUT2D eigenvalue weighted by atomic mass is 127. The van der Waals surface area contributed by atoms with Crippen molar-refractivity contribution in [2.24, 2.45) is 16.8 Å². The van der Waals surface area contributed by atoms with E-state index in [9.17, 15) is 0 Å². The van der Waals surface area contributed by atoms with Crippen molar-refractivity contribution in [1.82, 2.24) is 15.5 Å². The summed E-state index contributed by atoms with van der Waals surface area (Å²) in [6, 6.07) is 4.39. The predicted molar refractivity (Wildman–Crippen MR) is 132 cm³/mol. The number of ether oxygens (including phenoxy) is 1. The summed E-state index contributed by atoms with van der Waals surface area (Å²) in [5, 5.41) is 9.14. The van der Waals surface area contributed by atoms with E-state index in [0.29, 0.717) is 17.9 Å². The average Bonchev–Trinajstić information content (AvgIpc) is 3.16. The summed E-state index contributed by atoms with van der Waals surface area (Å²) in [6.45, 7) is 12.6. The summed E-state index contributed by atoms with van der Waals surface area (Å²) in [4.78, 5) is 8.44. The van der Waals surface area contributed by atoms with E-state index < -0.39 is 0 Å². The third kappa shape index (κ3) is 9.41. The number of nitrogens with zero attached hydrogens (tertiary/aromatic N) is 2. The molecule has 7 heteroatoms. The molecule has 1 fully saturated rings. The van der Waals surface area contributed by atoms with Crippen LogP contribution in [0.5, 0.6) is 0 Å². The van der Waals surface area contributed by atoms with Crippen LogP contribution in [-0.4, -0.2) is 56.8 Å². The first-order valence-corrected chi connectivity index (χ1v) is 11.3. The summed E-state index contributed by atoms with van der Waals surface area (Å²) in [5.41, 5.74) is 0. The highest BCUT2D eigenvalue weighted by Gasteiger charge is 2.20. The van der Waals surface area contributed by atoms with Gasteiger partial charge in [-0.05, 0) is 56.0 Å². The maximum atomic E-state index is 5.82. The third-order valence-corrected chi connectivity index (χ3v) is 6.05. The lowest BCUT2D eigenvalue weighted by molar-refractivity contribution is 0.0258. The van der Waals surface area contributed by atoms with Crippen molar-refractivity contribution in [1.29, 1.82) is 0 Å². The van der Waals surface area contributed by atoms with Crippen molar-refractivity contribution in [3.8, 4) is 0 Å². The van der Waals surface area contributed by atoms with Crippen molar-refractivity contribution in [2.45, 2.75) is 52.7 Å². The normalized spacial score (nSPS) is 19.3.